The first-order valence-electron chi connectivity index (χ1n) is 7.43. The number of halogens is 2. The van der Waals surface area contributed by atoms with E-state index in [9.17, 15) is 4.79 Å². The van der Waals surface area contributed by atoms with Gasteiger partial charge in [-0.1, -0.05) is 0 Å². The largest absolute Gasteiger partial charge is 0.378 e. The maximum atomic E-state index is 12.3. The van der Waals surface area contributed by atoms with Gasteiger partial charge in [0.05, 0.1) is 19.4 Å². The molecule has 23 heavy (non-hydrogen) atoms. The Morgan fingerprint density at radius 3 is 2.65 bits per heavy atom. The van der Waals surface area contributed by atoms with Crippen molar-refractivity contribution in [2.24, 2.45) is 0 Å². The van der Waals surface area contributed by atoms with E-state index in [0.29, 0.717) is 13.0 Å². The zero-order valence-corrected chi connectivity index (χ0v) is 14.5. The summed E-state index contributed by atoms with van der Waals surface area (Å²) in [6.07, 6.45) is 5.65. The van der Waals surface area contributed by atoms with E-state index in [4.69, 9.17) is 4.74 Å². The first-order valence-corrected chi connectivity index (χ1v) is 7.43. The van der Waals surface area contributed by atoms with Crippen LogP contribution in [0, 0.1) is 0 Å². The van der Waals surface area contributed by atoms with Crippen molar-refractivity contribution in [2.45, 2.75) is 12.5 Å². The number of amides is 1. The lowest BCUT2D eigenvalue weighted by atomic mass is 10.1. The van der Waals surface area contributed by atoms with Crippen molar-refractivity contribution in [3.63, 3.8) is 0 Å². The average Bonchev–Trinajstić information content (AvgIpc) is 2.57. The first-order chi connectivity index (χ1) is 10.3. The predicted octanol–water partition coefficient (Wildman–Crippen LogP) is 0.347. The molecule has 7 nitrogen and oxygen atoms in total. The van der Waals surface area contributed by atoms with E-state index < -0.39 is 0 Å². The molecule has 0 aliphatic carbocycles. The van der Waals surface area contributed by atoms with Crippen molar-refractivity contribution in [3.8, 4) is 0 Å². The van der Waals surface area contributed by atoms with Gasteiger partial charge in [-0.15, -0.1) is 24.8 Å². The highest BCUT2D eigenvalue weighted by Crippen LogP contribution is 2.12. The van der Waals surface area contributed by atoms with Gasteiger partial charge in [0.1, 0.15) is 5.82 Å². The summed E-state index contributed by atoms with van der Waals surface area (Å²) in [5.41, 5.74) is 0. The molecule has 1 aromatic rings. The Morgan fingerprint density at radius 2 is 2.04 bits per heavy atom. The minimum Gasteiger partial charge on any atom is -0.378 e. The number of morpholine rings is 1. The maximum absolute atomic E-state index is 12.3. The molecule has 0 radical (unpaired) electrons. The molecular formula is C14H23Cl2N5O2. The van der Waals surface area contributed by atoms with Gasteiger partial charge in [-0.2, -0.15) is 0 Å². The van der Waals surface area contributed by atoms with Crippen LogP contribution in [0.1, 0.15) is 6.42 Å². The standard InChI is InChI=1S/C14H21N5O2.2ClH/c20-14(9-12-11-21-8-3-16-12)19-6-4-18(5-7-19)13-10-15-1-2-17-13;;/h1-2,10,12,16H,3-9,11H2;2*1H. The van der Waals surface area contributed by atoms with Gasteiger partial charge in [0, 0.05) is 57.6 Å². The molecule has 9 heteroatoms. The topological polar surface area (TPSA) is 70.6 Å². The molecular weight excluding hydrogens is 341 g/mol. The van der Waals surface area contributed by atoms with Gasteiger partial charge in [-0.25, -0.2) is 4.98 Å². The molecule has 2 aliphatic heterocycles. The number of hydrogen-bond donors (Lipinski definition) is 1. The summed E-state index contributed by atoms with van der Waals surface area (Å²) < 4.78 is 5.39. The highest BCUT2D eigenvalue weighted by atomic mass is 35.5. The van der Waals surface area contributed by atoms with Crippen LogP contribution in [0.3, 0.4) is 0 Å². The molecule has 130 valence electrons. The average molecular weight is 364 g/mol. The number of hydrogen-bond acceptors (Lipinski definition) is 6. The molecule has 1 aromatic heterocycles. The Bertz CT molecular complexity index is 465. The van der Waals surface area contributed by atoms with Gasteiger partial charge >= 0.3 is 0 Å². The lowest BCUT2D eigenvalue weighted by Crippen LogP contribution is -2.51. The van der Waals surface area contributed by atoms with Gasteiger partial charge in [-0.3, -0.25) is 9.78 Å². The molecule has 0 aromatic carbocycles. The Balaban J connectivity index is 0.00000132. The third-order valence-corrected chi connectivity index (χ3v) is 3.93. The maximum Gasteiger partial charge on any atom is 0.224 e. The molecule has 2 saturated heterocycles. The number of aromatic nitrogens is 2. The zero-order valence-electron chi connectivity index (χ0n) is 12.9. The fourth-order valence-corrected chi connectivity index (χ4v) is 2.73. The lowest BCUT2D eigenvalue weighted by molar-refractivity contribution is -0.132. The van der Waals surface area contributed by atoms with Gasteiger partial charge in [-0.05, 0) is 0 Å². The molecule has 1 N–H and O–H groups in total. The van der Waals surface area contributed by atoms with Crippen molar-refractivity contribution >= 4 is 36.5 Å². The van der Waals surface area contributed by atoms with Gasteiger partial charge in [0.25, 0.3) is 0 Å². The monoisotopic (exact) mass is 363 g/mol. The fraction of sp³-hybridized carbons (Fsp3) is 0.643. The molecule has 0 bridgehead atoms. The number of anilines is 1. The third kappa shape index (κ3) is 5.46. The van der Waals surface area contributed by atoms with E-state index in [2.05, 4.69) is 20.2 Å². The summed E-state index contributed by atoms with van der Waals surface area (Å²) in [6, 6.07) is 0.157. The first kappa shape index (κ1) is 19.9. The lowest BCUT2D eigenvalue weighted by Gasteiger charge is -2.36. The predicted molar refractivity (Wildman–Crippen MR) is 92.5 cm³/mol. The van der Waals surface area contributed by atoms with Gasteiger partial charge in [0.2, 0.25) is 5.91 Å². The van der Waals surface area contributed by atoms with Crippen molar-refractivity contribution in [1.82, 2.24) is 20.2 Å². The van der Waals surface area contributed by atoms with Crippen LogP contribution >= 0.6 is 24.8 Å². The number of nitrogens with zero attached hydrogens (tertiary/aromatic N) is 4. The van der Waals surface area contributed by atoms with Crippen LogP contribution in [0.15, 0.2) is 18.6 Å². The van der Waals surface area contributed by atoms with E-state index in [1.54, 1.807) is 18.6 Å². The summed E-state index contributed by atoms with van der Waals surface area (Å²) in [5.74, 6) is 1.09. The Morgan fingerprint density at radius 1 is 1.26 bits per heavy atom. The quantitative estimate of drug-likeness (QED) is 0.835. The number of carbonyl (C=O) groups is 1. The number of nitrogens with one attached hydrogen (secondary N) is 1. The van der Waals surface area contributed by atoms with Crippen LogP contribution in [0.2, 0.25) is 0 Å². The fourth-order valence-electron chi connectivity index (χ4n) is 2.73. The number of piperazine rings is 1. The zero-order chi connectivity index (χ0) is 14.5. The Kier molecular flexibility index (Phi) is 8.54. The molecule has 1 unspecified atom stereocenters. The van der Waals surface area contributed by atoms with Gasteiger partial charge < -0.3 is 19.9 Å². The van der Waals surface area contributed by atoms with Crippen LogP contribution in [-0.2, 0) is 9.53 Å². The van der Waals surface area contributed by atoms with E-state index in [1.807, 2.05) is 4.90 Å². The second kappa shape index (κ2) is 9.87. The van der Waals surface area contributed by atoms with E-state index in [-0.39, 0.29) is 36.8 Å². The minimum atomic E-state index is 0. The second-order valence-corrected chi connectivity index (χ2v) is 5.36. The molecule has 2 fully saturated rings. The van der Waals surface area contributed by atoms with E-state index >= 15 is 0 Å². The van der Waals surface area contributed by atoms with Gasteiger partial charge in [0.15, 0.2) is 0 Å². The second-order valence-electron chi connectivity index (χ2n) is 5.36. The highest BCUT2D eigenvalue weighted by molar-refractivity contribution is 5.85. The summed E-state index contributed by atoms with van der Waals surface area (Å²) in [7, 11) is 0. The van der Waals surface area contributed by atoms with Crippen LogP contribution in [0.25, 0.3) is 0 Å². The van der Waals surface area contributed by atoms with Crippen LogP contribution in [0.4, 0.5) is 5.82 Å². The number of ether oxygens (including phenoxy) is 1. The molecule has 0 spiro atoms. The van der Waals surface area contributed by atoms with E-state index in [0.717, 1.165) is 45.1 Å². The van der Waals surface area contributed by atoms with Crippen molar-refractivity contribution in [2.75, 3.05) is 50.8 Å². The van der Waals surface area contributed by atoms with Crippen molar-refractivity contribution in [3.05, 3.63) is 18.6 Å². The third-order valence-electron chi connectivity index (χ3n) is 3.93. The van der Waals surface area contributed by atoms with Crippen LogP contribution in [0.5, 0.6) is 0 Å². The normalized spacial score (nSPS) is 21.1. The molecule has 2 aliphatic rings. The number of carbonyl (C=O) groups excluding carboxylic acids is 1. The Hall–Kier alpha value is -1.15. The SMILES string of the molecule is Cl.Cl.O=C(CC1COCCN1)N1CCN(c2cnccn2)CC1. The van der Waals surface area contributed by atoms with Crippen LogP contribution < -0.4 is 10.2 Å². The molecule has 0 saturated carbocycles. The summed E-state index contributed by atoms with van der Waals surface area (Å²) >= 11 is 0. The number of rotatable bonds is 3. The summed E-state index contributed by atoms with van der Waals surface area (Å²) in [6.45, 7) is 5.29. The summed E-state index contributed by atoms with van der Waals surface area (Å²) in [5, 5.41) is 3.32. The molecule has 1 atom stereocenters. The molecule has 1 amide bonds. The molecule has 3 heterocycles. The van der Waals surface area contributed by atoms with E-state index in [1.165, 1.54) is 0 Å². The van der Waals surface area contributed by atoms with Crippen LogP contribution in [-0.4, -0.2) is 72.8 Å². The minimum absolute atomic E-state index is 0. The summed E-state index contributed by atoms with van der Waals surface area (Å²) in [4.78, 5) is 24.8. The van der Waals surface area contributed by atoms with Crippen molar-refractivity contribution in [1.29, 1.82) is 0 Å². The highest BCUT2D eigenvalue weighted by Gasteiger charge is 2.25. The molecule has 3 rings (SSSR count). The van der Waals surface area contributed by atoms with Crippen molar-refractivity contribution < 1.29 is 9.53 Å². The Labute approximate surface area is 148 Å². The smallest absolute Gasteiger partial charge is 0.224 e.